The molecule has 0 N–H and O–H groups in total. The quantitative estimate of drug-likeness (QED) is 0.153. The standard InChI is InChI=1S/C66H38N2O5S4/c1-2-18-48-43(14-1)63-44(36-42(38-56(63)69-48)67(41-34-35-53-55(37-41)72-50-20-4-3-19-49(50)70-53)45-15-11-23-54-64(45)73-52-22-6-5-21-51(52)71-54)39-30-32-40(33-31-39)68(46-16-12-28-61-65(46)76-59-26-9-7-24-57(59)74-61)47-17-13-29-62-66(47)77-60-27-10-8-25-58(60)75-62/h1-38H. The average molecular weight is 1070 g/mol. The number of hydrogen-bond donors (Lipinski definition) is 0. The lowest BCUT2D eigenvalue weighted by Gasteiger charge is -2.33. The van der Waals surface area contributed by atoms with Crippen molar-refractivity contribution in [3.05, 3.63) is 231 Å². The lowest BCUT2D eigenvalue weighted by molar-refractivity contribution is 0.359. The molecule has 0 atom stereocenters. The van der Waals surface area contributed by atoms with Gasteiger partial charge in [0, 0.05) is 58.0 Å². The van der Waals surface area contributed by atoms with Gasteiger partial charge in [-0.05, 0) is 132 Å². The van der Waals surface area contributed by atoms with Gasteiger partial charge >= 0.3 is 0 Å². The molecule has 0 saturated carbocycles. The van der Waals surface area contributed by atoms with Gasteiger partial charge in [0.25, 0.3) is 0 Å². The molecule has 1 aromatic heterocycles. The number of ether oxygens (including phenoxy) is 4. The SMILES string of the molecule is c1ccc2c(c1)Oc1ccc(N(c3cc(-c4ccc(N(c5cccc6c5Sc5ccccc5S6)c5cccc6c5Sc5ccccc5S6)cc4)c4c(c3)oc3ccccc34)c3cccc4c3Oc3ccccc3O4)cc1O2. The number of fused-ring (bicyclic) bond motifs is 11. The summed E-state index contributed by atoms with van der Waals surface area (Å²) in [6, 6.07) is 80.1. The zero-order chi connectivity index (χ0) is 50.6. The third-order valence-electron chi connectivity index (χ3n) is 14.1. The Morgan fingerprint density at radius 1 is 0.299 bits per heavy atom. The maximum absolute atomic E-state index is 6.86. The van der Waals surface area contributed by atoms with Crippen LogP contribution in [0.5, 0.6) is 46.0 Å². The molecule has 16 rings (SSSR count). The average Bonchev–Trinajstić information content (AvgIpc) is 3.99. The van der Waals surface area contributed by atoms with E-state index in [-0.39, 0.29) is 0 Å². The van der Waals surface area contributed by atoms with Gasteiger partial charge in [0.15, 0.2) is 46.0 Å². The molecule has 12 aromatic rings. The molecule has 0 unspecified atom stereocenters. The zero-order valence-corrected chi connectivity index (χ0v) is 43.8. The van der Waals surface area contributed by atoms with E-state index >= 15 is 0 Å². The van der Waals surface area contributed by atoms with E-state index in [9.17, 15) is 0 Å². The summed E-state index contributed by atoms with van der Waals surface area (Å²) in [5.74, 6) is 4.98. The van der Waals surface area contributed by atoms with Gasteiger partial charge in [0.1, 0.15) is 11.2 Å². The summed E-state index contributed by atoms with van der Waals surface area (Å²) in [7, 11) is 0. The van der Waals surface area contributed by atoms with Crippen molar-refractivity contribution in [2.45, 2.75) is 39.2 Å². The van der Waals surface area contributed by atoms with E-state index in [4.69, 9.17) is 23.4 Å². The minimum atomic E-state index is 0.577. The Bertz CT molecular complexity index is 4310. The van der Waals surface area contributed by atoms with Crippen molar-refractivity contribution in [2.24, 2.45) is 0 Å². The molecule has 0 fully saturated rings. The van der Waals surface area contributed by atoms with Crippen LogP contribution < -0.4 is 28.7 Å². The Kier molecular flexibility index (Phi) is 10.5. The smallest absolute Gasteiger partial charge is 0.194 e. The molecule has 4 aliphatic rings. The monoisotopic (exact) mass is 1070 g/mol. The molecule has 366 valence electrons. The van der Waals surface area contributed by atoms with Gasteiger partial charge in [-0.25, -0.2) is 0 Å². The first-order valence-electron chi connectivity index (χ1n) is 25.1. The molecule has 7 nitrogen and oxygen atoms in total. The summed E-state index contributed by atoms with van der Waals surface area (Å²) in [5.41, 5.74) is 9.28. The van der Waals surface area contributed by atoms with E-state index in [0.29, 0.717) is 46.0 Å². The van der Waals surface area contributed by atoms with Crippen LogP contribution >= 0.6 is 47.0 Å². The van der Waals surface area contributed by atoms with Crippen LogP contribution in [0.25, 0.3) is 33.1 Å². The summed E-state index contributed by atoms with van der Waals surface area (Å²) in [6.45, 7) is 0. The molecule has 0 amide bonds. The number of para-hydroxylation sites is 6. The van der Waals surface area contributed by atoms with E-state index in [1.165, 1.54) is 39.2 Å². The summed E-state index contributed by atoms with van der Waals surface area (Å²) in [5, 5.41) is 2.05. The molecule has 5 heterocycles. The first-order chi connectivity index (χ1) is 38.1. The van der Waals surface area contributed by atoms with Gasteiger partial charge in [-0.1, -0.05) is 144 Å². The van der Waals surface area contributed by atoms with Crippen molar-refractivity contribution in [1.82, 2.24) is 0 Å². The lowest BCUT2D eigenvalue weighted by atomic mass is 9.97. The maximum atomic E-state index is 6.86. The van der Waals surface area contributed by atoms with Crippen molar-refractivity contribution >= 4 is 103 Å². The van der Waals surface area contributed by atoms with Gasteiger partial charge < -0.3 is 33.2 Å². The molecular weight excluding hydrogens is 1030 g/mol. The maximum Gasteiger partial charge on any atom is 0.194 e. The van der Waals surface area contributed by atoms with Crippen LogP contribution in [0.15, 0.2) is 274 Å². The number of nitrogens with zero attached hydrogens (tertiary/aromatic N) is 2. The molecule has 0 bridgehead atoms. The second-order valence-corrected chi connectivity index (χ2v) is 23.0. The Hall–Kier alpha value is -8.58. The highest BCUT2D eigenvalue weighted by molar-refractivity contribution is 8.05. The molecule has 11 aromatic carbocycles. The first kappa shape index (κ1) is 44.7. The first-order valence-corrected chi connectivity index (χ1v) is 28.4. The summed E-state index contributed by atoms with van der Waals surface area (Å²) in [4.78, 5) is 14.7. The van der Waals surface area contributed by atoms with E-state index in [0.717, 1.165) is 67.2 Å². The van der Waals surface area contributed by atoms with E-state index in [2.05, 4.69) is 155 Å². The predicted octanol–water partition coefficient (Wildman–Crippen LogP) is 21.2. The molecule has 11 heteroatoms. The van der Waals surface area contributed by atoms with Gasteiger partial charge in [0.2, 0.25) is 0 Å². The fourth-order valence-electron chi connectivity index (χ4n) is 10.6. The Balaban J connectivity index is 0.876. The zero-order valence-electron chi connectivity index (χ0n) is 40.5. The predicted molar refractivity (Wildman–Crippen MR) is 311 cm³/mol. The molecular formula is C66H38N2O5S4. The third kappa shape index (κ3) is 7.56. The summed E-state index contributed by atoms with van der Waals surface area (Å²) in [6.07, 6.45) is 0. The normalized spacial score (nSPS) is 13.1. The van der Waals surface area contributed by atoms with Crippen LogP contribution in [0.2, 0.25) is 0 Å². The van der Waals surface area contributed by atoms with E-state index in [1.54, 1.807) is 0 Å². The van der Waals surface area contributed by atoms with Crippen molar-refractivity contribution in [2.75, 3.05) is 9.80 Å². The van der Waals surface area contributed by atoms with Crippen molar-refractivity contribution < 1.29 is 23.4 Å². The number of rotatable bonds is 7. The van der Waals surface area contributed by atoms with E-state index in [1.807, 2.05) is 132 Å². The second-order valence-electron chi connectivity index (χ2n) is 18.7. The summed E-state index contributed by atoms with van der Waals surface area (Å²) >= 11 is 7.37. The second kappa shape index (κ2) is 18.0. The van der Waals surface area contributed by atoms with Gasteiger partial charge in [-0.2, -0.15) is 0 Å². The van der Waals surface area contributed by atoms with Crippen molar-refractivity contribution in [3.63, 3.8) is 0 Å². The minimum absolute atomic E-state index is 0.577. The third-order valence-corrected chi connectivity index (χ3v) is 19.3. The number of furan rings is 1. The molecule has 77 heavy (non-hydrogen) atoms. The fraction of sp³-hybridized carbons (Fsp3) is 0. The highest BCUT2D eigenvalue weighted by Crippen LogP contribution is 2.59. The topological polar surface area (TPSA) is 56.5 Å². The largest absolute Gasteiger partial charge is 0.456 e. The van der Waals surface area contributed by atoms with Crippen LogP contribution in [0, 0.1) is 0 Å². The lowest BCUT2D eigenvalue weighted by Crippen LogP contribution is -2.14. The summed E-state index contributed by atoms with van der Waals surface area (Å²) < 4.78 is 33.1. The Morgan fingerprint density at radius 3 is 1.45 bits per heavy atom. The number of anilines is 6. The highest BCUT2D eigenvalue weighted by atomic mass is 32.2. The van der Waals surface area contributed by atoms with Crippen LogP contribution in [0.3, 0.4) is 0 Å². The molecule has 0 saturated heterocycles. The van der Waals surface area contributed by atoms with Gasteiger partial charge in [-0.3, -0.25) is 0 Å². The van der Waals surface area contributed by atoms with Crippen molar-refractivity contribution in [1.29, 1.82) is 0 Å². The fourth-order valence-corrected chi connectivity index (χ4v) is 15.3. The molecule has 0 aliphatic carbocycles. The van der Waals surface area contributed by atoms with Crippen molar-refractivity contribution in [3.8, 4) is 57.1 Å². The van der Waals surface area contributed by atoms with Crippen LogP contribution in [0.1, 0.15) is 0 Å². The molecule has 4 aliphatic heterocycles. The van der Waals surface area contributed by atoms with Gasteiger partial charge in [0.05, 0.1) is 38.2 Å². The minimum Gasteiger partial charge on any atom is -0.456 e. The molecule has 0 spiro atoms. The van der Waals surface area contributed by atoms with Crippen LogP contribution in [-0.4, -0.2) is 0 Å². The Labute approximate surface area is 460 Å². The highest BCUT2D eigenvalue weighted by Gasteiger charge is 2.31. The Morgan fingerprint density at radius 2 is 0.792 bits per heavy atom. The van der Waals surface area contributed by atoms with Crippen LogP contribution in [0.4, 0.5) is 34.1 Å². The van der Waals surface area contributed by atoms with Crippen LogP contribution in [-0.2, 0) is 0 Å². The number of benzene rings is 11. The van der Waals surface area contributed by atoms with Gasteiger partial charge in [-0.15, -0.1) is 0 Å². The number of hydrogen-bond acceptors (Lipinski definition) is 11. The van der Waals surface area contributed by atoms with E-state index < -0.39 is 0 Å². The molecule has 0 radical (unpaired) electrons.